The van der Waals surface area contributed by atoms with Crippen molar-refractivity contribution in [2.45, 2.75) is 6.54 Å². The van der Waals surface area contributed by atoms with E-state index in [1.54, 1.807) is 20.4 Å². The van der Waals surface area contributed by atoms with E-state index >= 15 is 0 Å². The molecule has 6 heteroatoms. The van der Waals surface area contributed by atoms with Gasteiger partial charge in [-0.2, -0.15) is 0 Å². The van der Waals surface area contributed by atoms with Crippen LogP contribution >= 0.6 is 12.2 Å². The Bertz CT molecular complexity index is 602. The molecule has 0 fully saturated rings. The van der Waals surface area contributed by atoms with Crippen LogP contribution in [0, 0.1) is 0 Å². The zero-order valence-electron chi connectivity index (χ0n) is 11.9. The first-order valence-electron chi connectivity index (χ1n) is 6.39. The van der Waals surface area contributed by atoms with Gasteiger partial charge in [0.1, 0.15) is 11.4 Å². The van der Waals surface area contributed by atoms with E-state index in [0.29, 0.717) is 17.5 Å². The Morgan fingerprint density at radius 2 is 1.90 bits per heavy atom. The predicted molar refractivity (Wildman–Crippen MR) is 86.8 cm³/mol. The first kappa shape index (κ1) is 15.1. The molecule has 0 bridgehead atoms. The molecule has 2 rings (SSSR count). The van der Waals surface area contributed by atoms with Crippen LogP contribution in [0.3, 0.4) is 0 Å². The smallest absolute Gasteiger partial charge is 0.237 e. The Hall–Kier alpha value is -2.34. The Morgan fingerprint density at radius 1 is 1.14 bits per heavy atom. The summed E-state index contributed by atoms with van der Waals surface area (Å²) >= 11 is 5.26. The number of thiocarbonyl (C=S) groups is 1. The Morgan fingerprint density at radius 3 is 2.57 bits per heavy atom. The molecule has 5 nitrogen and oxygen atoms in total. The lowest BCUT2D eigenvalue weighted by Crippen LogP contribution is -2.28. The van der Waals surface area contributed by atoms with Crippen LogP contribution in [0.2, 0.25) is 0 Å². The van der Waals surface area contributed by atoms with Crippen LogP contribution < -0.4 is 20.1 Å². The molecule has 0 amide bonds. The number of anilines is 1. The summed E-state index contributed by atoms with van der Waals surface area (Å²) in [6.07, 6.45) is 1.66. The van der Waals surface area contributed by atoms with Crippen LogP contribution in [0.4, 0.5) is 5.69 Å². The number of nitrogens with one attached hydrogen (secondary N) is 2. The number of hydrogen-bond acceptors (Lipinski definition) is 4. The molecule has 1 aromatic heterocycles. The van der Waals surface area contributed by atoms with E-state index < -0.39 is 0 Å². The van der Waals surface area contributed by atoms with Gasteiger partial charge in [-0.1, -0.05) is 12.1 Å². The second kappa shape index (κ2) is 7.44. The molecule has 0 atom stereocenters. The normalized spacial score (nSPS) is 9.81. The van der Waals surface area contributed by atoms with E-state index in [2.05, 4.69) is 15.6 Å². The number of ether oxygens (including phenoxy) is 2. The maximum absolute atomic E-state index is 5.26. The SMILES string of the molecule is COc1ccc(CNC(=S)Nc2cccnc2OC)cc1. The number of pyridine rings is 1. The number of nitrogens with zero attached hydrogens (tertiary/aromatic N) is 1. The van der Waals surface area contributed by atoms with Crippen molar-refractivity contribution in [3.8, 4) is 11.6 Å². The van der Waals surface area contributed by atoms with Gasteiger partial charge in [-0.3, -0.25) is 0 Å². The predicted octanol–water partition coefficient (Wildman–Crippen LogP) is 2.59. The molecular weight excluding hydrogens is 286 g/mol. The van der Waals surface area contributed by atoms with Crippen LogP contribution in [-0.2, 0) is 6.54 Å². The quantitative estimate of drug-likeness (QED) is 0.828. The van der Waals surface area contributed by atoms with Crippen molar-refractivity contribution in [2.75, 3.05) is 19.5 Å². The van der Waals surface area contributed by atoms with Crippen molar-refractivity contribution >= 4 is 23.0 Å². The van der Waals surface area contributed by atoms with Gasteiger partial charge in [-0.15, -0.1) is 0 Å². The fourth-order valence-electron chi connectivity index (χ4n) is 1.74. The third-order valence-corrected chi connectivity index (χ3v) is 3.07. The number of methoxy groups -OCH3 is 2. The standard InChI is InChI=1S/C15H17N3O2S/c1-19-12-7-5-11(6-8-12)10-17-15(21)18-13-4-3-9-16-14(13)20-2/h3-9H,10H2,1-2H3,(H2,17,18,21). The summed E-state index contributed by atoms with van der Waals surface area (Å²) in [6.45, 7) is 0.623. The van der Waals surface area contributed by atoms with Crippen molar-refractivity contribution < 1.29 is 9.47 Å². The summed E-state index contributed by atoms with van der Waals surface area (Å²) in [6, 6.07) is 11.5. The van der Waals surface area contributed by atoms with Gasteiger partial charge < -0.3 is 20.1 Å². The molecule has 0 spiro atoms. The molecule has 2 N–H and O–H groups in total. The third-order valence-electron chi connectivity index (χ3n) is 2.82. The second-order valence-electron chi connectivity index (χ2n) is 4.22. The fourth-order valence-corrected chi connectivity index (χ4v) is 1.92. The Balaban J connectivity index is 1.89. The summed E-state index contributed by atoms with van der Waals surface area (Å²) in [5.74, 6) is 1.34. The molecule has 0 aliphatic heterocycles. The van der Waals surface area contributed by atoms with Gasteiger partial charge in [0.05, 0.1) is 14.2 Å². The van der Waals surface area contributed by atoms with Crippen LogP contribution in [0.5, 0.6) is 11.6 Å². The molecule has 1 aromatic carbocycles. The highest BCUT2D eigenvalue weighted by atomic mass is 32.1. The summed E-state index contributed by atoms with van der Waals surface area (Å²) in [4.78, 5) is 4.10. The Kier molecular flexibility index (Phi) is 5.34. The van der Waals surface area contributed by atoms with E-state index in [9.17, 15) is 0 Å². The average molecular weight is 303 g/mol. The topological polar surface area (TPSA) is 55.4 Å². The molecule has 0 aliphatic carbocycles. The zero-order valence-corrected chi connectivity index (χ0v) is 12.7. The van der Waals surface area contributed by atoms with Crippen LogP contribution in [-0.4, -0.2) is 24.3 Å². The highest BCUT2D eigenvalue weighted by Crippen LogP contribution is 2.19. The lowest BCUT2D eigenvalue weighted by Gasteiger charge is -2.12. The molecule has 110 valence electrons. The lowest BCUT2D eigenvalue weighted by atomic mass is 10.2. The number of hydrogen-bond donors (Lipinski definition) is 2. The van der Waals surface area contributed by atoms with Gasteiger partial charge in [0.2, 0.25) is 5.88 Å². The van der Waals surface area contributed by atoms with Crippen LogP contribution in [0.25, 0.3) is 0 Å². The molecule has 1 heterocycles. The highest BCUT2D eigenvalue weighted by molar-refractivity contribution is 7.80. The molecule has 2 aromatic rings. The van der Waals surface area contributed by atoms with Gasteiger partial charge in [-0.25, -0.2) is 4.98 Å². The van der Waals surface area contributed by atoms with Crippen LogP contribution in [0.1, 0.15) is 5.56 Å². The maximum atomic E-state index is 5.26. The zero-order chi connectivity index (χ0) is 15.1. The number of rotatable bonds is 5. The van der Waals surface area contributed by atoms with Gasteiger partial charge in [0.25, 0.3) is 0 Å². The molecule has 0 unspecified atom stereocenters. The van der Waals surface area contributed by atoms with Crippen molar-refractivity contribution in [3.05, 3.63) is 48.2 Å². The lowest BCUT2D eigenvalue weighted by molar-refractivity contribution is 0.400. The molecular formula is C15H17N3O2S. The number of benzene rings is 1. The molecule has 21 heavy (non-hydrogen) atoms. The summed E-state index contributed by atoms with van der Waals surface area (Å²) in [5.41, 5.74) is 1.84. The summed E-state index contributed by atoms with van der Waals surface area (Å²) in [5, 5.41) is 6.71. The average Bonchev–Trinajstić information content (AvgIpc) is 2.54. The Labute approximate surface area is 129 Å². The van der Waals surface area contributed by atoms with Gasteiger partial charge >= 0.3 is 0 Å². The molecule has 0 saturated carbocycles. The van der Waals surface area contributed by atoms with Crippen molar-refractivity contribution in [1.82, 2.24) is 10.3 Å². The van der Waals surface area contributed by atoms with Gasteiger partial charge in [0.15, 0.2) is 5.11 Å². The van der Waals surface area contributed by atoms with E-state index in [-0.39, 0.29) is 0 Å². The highest BCUT2D eigenvalue weighted by Gasteiger charge is 2.05. The minimum absolute atomic E-state index is 0.506. The minimum atomic E-state index is 0.506. The molecule has 0 radical (unpaired) electrons. The van der Waals surface area contributed by atoms with E-state index in [1.165, 1.54) is 0 Å². The van der Waals surface area contributed by atoms with Crippen molar-refractivity contribution in [2.24, 2.45) is 0 Å². The van der Waals surface area contributed by atoms with Gasteiger partial charge in [0, 0.05) is 12.7 Å². The second-order valence-corrected chi connectivity index (χ2v) is 4.62. The molecule has 0 saturated heterocycles. The first-order chi connectivity index (χ1) is 10.2. The van der Waals surface area contributed by atoms with E-state index in [0.717, 1.165) is 17.0 Å². The summed E-state index contributed by atoms with van der Waals surface area (Å²) in [7, 11) is 3.22. The fraction of sp³-hybridized carbons (Fsp3) is 0.200. The first-order valence-corrected chi connectivity index (χ1v) is 6.80. The van der Waals surface area contributed by atoms with E-state index in [4.69, 9.17) is 21.7 Å². The minimum Gasteiger partial charge on any atom is -0.497 e. The number of aromatic nitrogens is 1. The maximum Gasteiger partial charge on any atom is 0.237 e. The third kappa shape index (κ3) is 4.32. The van der Waals surface area contributed by atoms with Crippen molar-refractivity contribution in [3.63, 3.8) is 0 Å². The van der Waals surface area contributed by atoms with Crippen molar-refractivity contribution in [1.29, 1.82) is 0 Å². The van der Waals surface area contributed by atoms with Crippen LogP contribution in [0.15, 0.2) is 42.6 Å². The largest absolute Gasteiger partial charge is 0.497 e. The summed E-state index contributed by atoms with van der Waals surface area (Å²) < 4.78 is 10.3. The monoisotopic (exact) mass is 303 g/mol. The molecule has 0 aliphatic rings. The van der Waals surface area contributed by atoms with Gasteiger partial charge in [-0.05, 0) is 42.0 Å². The van der Waals surface area contributed by atoms with E-state index in [1.807, 2.05) is 36.4 Å².